The van der Waals surface area contributed by atoms with Crippen molar-refractivity contribution < 1.29 is 4.90 Å². The highest BCUT2D eigenvalue weighted by Gasteiger charge is 2.21. The van der Waals surface area contributed by atoms with Crippen molar-refractivity contribution in [1.29, 1.82) is 0 Å². The van der Waals surface area contributed by atoms with E-state index < -0.39 is 0 Å². The van der Waals surface area contributed by atoms with E-state index in [2.05, 4.69) is 46.6 Å². The first-order valence-electron chi connectivity index (χ1n) is 7.94. The molecule has 118 valence electrons. The molecule has 0 unspecified atom stereocenters. The van der Waals surface area contributed by atoms with Crippen LogP contribution < -0.4 is 4.90 Å². The minimum atomic E-state index is 0.762. The average Bonchev–Trinajstić information content (AvgIpc) is 2.95. The number of fused-ring (bicyclic) bond motifs is 1. The summed E-state index contributed by atoms with van der Waals surface area (Å²) in [5.74, 6) is 2.50. The molecular formula is C18H19ClN3S+. The van der Waals surface area contributed by atoms with Crippen LogP contribution in [0.3, 0.4) is 0 Å². The van der Waals surface area contributed by atoms with Gasteiger partial charge in [0.25, 0.3) is 0 Å². The second-order valence-corrected chi connectivity index (χ2v) is 7.54. The number of quaternary nitrogens is 1. The molecule has 1 saturated heterocycles. The van der Waals surface area contributed by atoms with Gasteiger partial charge in [0.05, 0.1) is 18.8 Å². The third-order valence-corrected chi connectivity index (χ3v) is 5.60. The fraction of sp³-hybridized carbons (Fsp3) is 0.278. The number of nitrogens with zero attached hydrogens (tertiary/aromatic N) is 2. The smallest absolute Gasteiger partial charge is 0.137 e. The normalized spacial score (nSPS) is 16.0. The molecule has 4 rings (SSSR count). The number of pyridine rings is 1. The molecule has 0 amide bonds. The van der Waals surface area contributed by atoms with Gasteiger partial charge in [0, 0.05) is 28.3 Å². The first-order valence-corrected chi connectivity index (χ1v) is 9.48. The van der Waals surface area contributed by atoms with Crippen molar-refractivity contribution in [3.63, 3.8) is 0 Å². The third-order valence-electron chi connectivity index (χ3n) is 4.36. The third kappa shape index (κ3) is 3.11. The van der Waals surface area contributed by atoms with Crippen molar-refractivity contribution in [2.24, 2.45) is 0 Å². The van der Waals surface area contributed by atoms with E-state index in [1.54, 1.807) is 4.90 Å². The van der Waals surface area contributed by atoms with Gasteiger partial charge < -0.3 is 4.90 Å². The Labute approximate surface area is 145 Å². The number of nitrogens with one attached hydrogen (secondary N) is 1. The number of imidazole rings is 1. The molecule has 0 radical (unpaired) electrons. The van der Waals surface area contributed by atoms with E-state index >= 15 is 0 Å². The highest BCUT2D eigenvalue weighted by atomic mass is 35.5. The van der Waals surface area contributed by atoms with Crippen molar-refractivity contribution in [2.45, 2.75) is 6.54 Å². The Morgan fingerprint density at radius 1 is 1.09 bits per heavy atom. The van der Waals surface area contributed by atoms with E-state index in [1.165, 1.54) is 30.3 Å². The standard InChI is InChI=1S/C18H18ClN3S/c19-15-6-4-14(5-7-15)18-16(13-21-9-11-23-12-10-21)22-8-2-1-3-17(22)20-18/h1-8H,9-13H2/p+1. The molecule has 0 bridgehead atoms. The monoisotopic (exact) mass is 344 g/mol. The van der Waals surface area contributed by atoms with Gasteiger partial charge in [0.2, 0.25) is 0 Å². The van der Waals surface area contributed by atoms with Crippen molar-refractivity contribution in [3.05, 3.63) is 59.4 Å². The maximum Gasteiger partial charge on any atom is 0.137 e. The topological polar surface area (TPSA) is 21.7 Å². The molecule has 1 aliphatic heterocycles. The van der Waals surface area contributed by atoms with E-state index in [4.69, 9.17) is 16.6 Å². The Morgan fingerprint density at radius 2 is 1.87 bits per heavy atom. The fourth-order valence-corrected chi connectivity index (χ4v) is 4.32. The van der Waals surface area contributed by atoms with Gasteiger partial charge in [-0.2, -0.15) is 11.8 Å². The number of benzene rings is 1. The predicted octanol–water partition coefficient (Wildman–Crippen LogP) is 2.79. The molecule has 1 N–H and O–H groups in total. The summed E-state index contributed by atoms with van der Waals surface area (Å²) in [5, 5.41) is 0.762. The van der Waals surface area contributed by atoms with Crippen LogP contribution in [0.5, 0.6) is 0 Å². The van der Waals surface area contributed by atoms with Gasteiger partial charge in [0.1, 0.15) is 17.9 Å². The SMILES string of the molecule is Clc1ccc(-c2nc3ccccn3c2C[NH+]2CCSCC2)cc1. The van der Waals surface area contributed by atoms with E-state index in [-0.39, 0.29) is 0 Å². The summed E-state index contributed by atoms with van der Waals surface area (Å²) >= 11 is 8.10. The lowest BCUT2D eigenvalue weighted by Crippen LogP contribution is -3.12. The summed E-state index contributed by atoms with van der Waals surface area (Å²) in [7, 11) is 0. The second kappa shape index (κ2) is 6.56. The summed E-state index contributed by atoms with van der Waals surface area (Å²) < 4.78 is 2.23. The molecule has 1 aromatic carbocycles. The van der Waals surface area contributed by atoms with Crippen LogP contribution in [0.25, 0.3) is 16.9 Å². The van der Waals surface area contributed by atoms with Crippen LogP contribution in [0.2, 0.25) is 5.02 Å². The second-order valence-electron chi connectivity index (χ2n) is 5.88. The van der Waals surface area contributed by atoms with Gasteiger partial charge in [-0.15, -0.1) is 0 Å². The zero-order valence-corrected chi connectivity index (χ0v) is 14.4. The fourth-order valence-electron chi connectivity index (χ4n) is 3.13. The minimum Gasteiger partial charge on any atom is -0.329 e. The largest absolute Gasteiger partial charge is 0.329 e. The highest BCUT2D eigenvalue weighted by molar-refractivity contribution is 7.99. The zero-order valence-electron chi connectivity index (χ0n) is 12.8. The molecule has 0 aliphatic carbocycles. The summed E-state index contributed by atoms with van der Waals surface area (Å²) in [5.41, 5.74) is 4.53. The Kier molecular flexibility index (Phi) is 4.29. The molecule has 5 heteroatoms. The van der Waals surface area contributed by atoms with Gasteiger partial charge in [-0.3, -0.25) is 4.40 Å². The zero-order chi connectivity index (χ0) is 15.6. The van der Waals surface area contributed by atoms with E-state index in [1.807, 2.05) is 18.2 Å². The molecule has 1 fully saturated rings. The van der Waals surface area contributed by atoms with Gasteiger partial charge in [-0.05, 0) is 24.3 Å². The molecular weight excluding hydrogens is 326 g/mol. The van der Waals surface area contributed by atoms with E-state index in [0.29, 0.717) is 0 Å². The summed E-state index contributed by atoms with van der Waals surface area (Å²) in [4.78, 5) is 6.52. The molecule has 1 aliphatic rings. The molecule has 3 nitrogen and oxygen atoms in total. The first-order chi connectivity index (χ1) is 11.3. The average molecular weight is 345 g/mol. The first kappa shape index (κ1) is 15.1. The van der Waals surface area contributed by atoms with Crippen LogP contribution in [0.1, 0.15) is 5.69 Å². The number of hydrogen-bond acceptors (Lipinski definition) is 2. The van der Waals surface area contributed by atoms with Gasteiger partial charge >= 0.3 is 0 Å². The van der Waals surface area contributed by atoms with Gasteiger partial charge in [-0.25, -0.2) is 4.98 Å². The van der Waals surface area contributed by atoms with Crippen molar-refractivity contribution in [3.8, 4) is 11.3 Å². The highest BCUT2D eigenvalue weighted by Crippen LogP contribution is 2.25. The van der Waals surface area contributed by atoms with E-state index in [0.717, 1.165) is 28.5 Å². The van der Waals surface area contributed by atoms with Crippen molar-refractivity contribution in [2.75, 3.05) is 24.6 Å². The van der Waals surface area contributed by atoms with Gasteiger partial charge in [0.15, 0.2) is 0 Å². The van der Waals surface area contributed by atoms with Crippen LogP contribution in [0.15, 0.2) is 48.7 Å². The lowest BCUT2D eigenvalue weighted by atomic mass is 10.1. The van der Waals surface area contributed by atoms with Crippen LogP contribution >= 0.6 is 23.4 Å². The summed E-state index contributed by atoms with van der Waals surface area (Å²) in [6.45, 7) is 3.47. The Hall–Kier alpha value is -1.49. The lowest BCUT2D eigenvalue weighted by Gasteiger charge is -2.23. The van der Waals surface area contributed by atoms with Crippen molar-refractivity contribution >= 4 is 29.0 Å². The summed E-state index contributed by atoms with van der Waals surface area (Å²) in [6, 6.07) is 14.2. The number of thioether (sulfide) groups is 1. The van der Waals surface area contributed by atoms with Crippen LogP contribution in [0, 0.1) is 0 Å². The maximum atomic E-state index is 6.04. The molecule has 0 spiro atoms. The molecule has 23 heavy (non-hydrogen) atoms. The quantitative estimate of drug-likeness (QED) is 0.789. The number of aromatic nitrogens is 2. The number of rotatable bonds is 3. The van der Waals surface area contributed by atoms with Crippen LogP contribution in [-0.4, -0.2) is 34.0 Å². The molecule has 3 aromatic rings. The van der Waals surface area contributed by atoms with Crippen LogP contribution in [-0.2, 0) is 6.54 Å². The molecule has 0 atom stereocenters. The van der Waals surface area contributed by atoms with Crippen LogP contribution in [0.4, 0.5) is 0 Å². The minimum absolute atomic E-state index is 0.762. The Morgan fingerprint density at radius 3 is 2.65 bits per heavy atom. The Balaban J connectivity index is 1.79. The number of halogens is 1. The van der Waals surface area contributed by atoms with Crippen molar-refractivity contribution in [1.82, 2.24) is 9.38 Å². The molecule has 2 aromatic heterocycles. The Bertz CT molecular complexity index is 807. The van der Waals surface area contributed by atoms with Gasteiger partial charge in [-0.1, -0.05) is 29.8 Å². The predicted molar refractivity (Wildman–Crippen MR) is 97.4 cm³/mol. The maximum absolute atomic E-state index is 6.04. The number of hydrogen-bond donors (Lipinski definition) is 1. The summed E-state index contributed by atoms with van der Waals surface area (Å²) in [6.07, 6.45) is 2.12. The van der Waals surface area contributed by atoms with E-state index in [9.17, 15) is 0 Å². The molecule has 0 saturated carbocycles. The lowest BCUT2D eigenvalue weighted by molar-refractivity contribution is -0.910. The molecule has 3 heterocycles.